The zero-order valence-corrected chi connectivity index (χ0v) is 17.4. The van der Waals surface area contributed by atoms with Crippen molar-refractivity contribution < 1.29 is 27.1 Å². The van der Waals surface area contributed by atoms with Gasteiger partial charge in [0.2, 0.25) is 15.9 Å². The standard InChI is InChI=1S/C20H25FN2O5S/c1-4-27-18-11-7-17(8-12-18)23(29(3,25)26)15(2)20(24)22-13-14-28-19-9-5-16(21)6-10-19/h5-12,15H,4,13-14H2,1-3H3,(H,22,24)/t15-/m0/s1. The molecule has 0 heterocycles. The molecule has 7 nitrogen and oxygen atoms in total. The van der Waals surface area contributed by atoms with Gasteiger partial charge in [-0.1, -0.05) is 0 Å². The van der Waals surface area contributed by atoms with Crippen LogP contribution in [0.4, 0.5) is 10.1 Å². The minimum atomic E-state index is -3.70. The lowest BCUT2D eigenvalue weighted by Gasteiger charge is -2.28. The molecular weight excluding hydrogens is 399 g/mol. The van der Waals surface area contributed by atoms with Crippen LogP contribution in [0, 0.1) is 5.82 Å². The smallest absolute Gasteiger partial charge is 0.243 e. The van der Waals surface area contributed by atoms with E-state index in [4.69, 9.17) is 9.47 Å². The monoisotopic (exact) mass is 424 g/mol. The first-order chi connectivity index (χ1) is 13.7. The Labute approximate surface area is 170 Å². The van der Waals surface area contributed by atoms with Crippen LogP contribution in [0.15, 0.2) is 48.5 Å². The number of anilines is 1. The highest BCUT2D eigenvalue weighted by Crippen LogP contribution is 2.24. The topological polar surface area (TPSA) is 84.9 Å². The lowest BCUT2D eigenvalue weighted by atomic mass is 10.2. The van der Waals surface area contributed by atoms with Crippen LogP contribution in [0.25, 0.3) is 0 Å². The molecular formula is C20H25FN2O5S. The first-order valence-corrected chi connectivity index (χ1v) is 11.0. The Morgan fingerprint density at radius 1 is 1.07 bits per heavy atom. The number of sulfonamides is 1. The molecule has 1 N–H and O–H groups in total. The number of hydrogen-bond acceptors (Lipinski definition) is 5. The molecule has 0 saturated carbocycles. The number of hydrogen-bond donors (Lipinski definition) is 1. The van der Waals surface area contributed by atoms with Crippen LogP contribution < -0.4 is 19.1 Å². The summed E-state index contributed by atoms with van der Waals surface area (Å²) < 4.78 is 49.3. The van der Waals surface area contributed by atoms with E-state index in [2.05, 4.69) is 5.32 Å². The second kappa shape index (κ2) is 10.1. The van der Waals surface area contributed by atoms with Crippen LogP contribution >= 0.6 is 0 Å². The molecule has 0 fully saturated rings. The van der Waals surface area contributed by atoms with E-state index >= 15 is 0 Å². The maximum Gasteiger partial charge on any atom is 0.243 e. The highest BCUT2D eigenvalue weighted by Gasteiger charge is 2.28. The van der Waals surface area contributed by atoms with Crippen LogP contribution in [0.5, 0.6) is 11.5 Å². The molecule has 0 unspecified atom stereocenters. The molecule has 158 valence electrons. The fourth-order valence-electron chi connectivity index (χ4n) is 2.69. The lowest BCUT2D eigenvalue weighted by Crippen LogP contribution is -2.48. The van der Waals surface area contributed by atoms with Gasteiger partial charge in [0.1, 0.15) is 30.0 Å². The van der Waals surface area contributed by atoms with E-state index < -0.39 is 22.0 Å². The molecule has 1 atom stereocenters. The average Bonchev–Trinajstić information content (AvgIpc) is 2.67. The molecule has 2 aromatic carbocycles. The summed E-state index contributed by atoms with van der Waals surface area (Å²) in [6.07, 6.45) is 1.05. The van der Waals surface area contributed by atoms with Gasteiger partial charge in [-0.15, -0.1) is 0 Å². The van der Waals surface area contributed by atoms with Crippen molar-refractivity contribution >= 4 is 21.6 Å². The summed E-state index contributed by atoms with van der Waals surface area (Å²) in [6.45, 7) is 4.18. The molecule has 2 rings (SSSR count). The predicted octanol–water partition coefficient (Wildman–Crippen LogP) is 2.57. The minimum Gasteiger partial charge on any atom is -0.494 e. The second-order valence-corrected chi connectivity index (χ2v) is 8.11. The Kier molecular flexibility index (Phi) is 7.83. The van der Waals surface area contributed by atoms with Crippen molar-refractivity contribution in [1.82, 2.24) is 5.32 Å². The zero-order chi connectivity index (χ0) is 21.4. The third-order valence-corrected chi connectivity index (χ3v) is 5.22. The Hall–Kier alpha value is -2.81. The molecule has 0 bridgehead atoms. The normalized spacial score (nSPS) is 12.1. The Bertz CT molecular complexity index is 901. The summed E-state index contributed by atoms with van der Waals surface area (Å²) in [4.78, 5) is 12.5. The summed E-state index contributed by atoms with van der Waals surface area (Å²) in [6, 6.07) is 11.0. The number of carbonyl (C=O) groups excluding carboxylic acids is 1. The number of nitrogens with one attached hydrogen (secondary N) is 1. The molecule has 0 aromatic heterocycles. The van der Waals surface area contributed by atoms with Gasteiger partial charge in [-0.2, -0.15) is 0 Å². The van der Waals surface area contributed by atoms with E-state index in [0.29, 0.717) is 23.8 Å². The van der Waals surface area contributed by atoms with Gasteiger partial charge in [-0.3, -0.25) is 9.10 Å². The zero-order valence-electron chi connectivity index (χ0n) is 16.6. The third-order valence-electron chi connectivity index (χ3n) is 3.97. The number of rotatable bonds is 10. The SMILES string of the molecule is CCOc1ccc(N([C@@H](C)C(=O)NCCOc2ccc(F)cc2)S(C)(=O)=O)cc1. The molecule has 0 aliphatic heterocycles. The quantitative estimate of drug-likeness (QED) is 0.593. The summed E-state index contributed by atoms with van der Waals surface area (Å²) in [7, 11) is -3.70. The molecule has 2 aromatic rings. The van der Waals surface area contributed by atoms with Crippen molar-refractivity contribution in [3.8, 4) is 11.5 Å². The molecule has 9 heteroatoms. The van der Waals surface area contributed by atoms with E-state index in [-0.39, 0.29) is 19.0 Å². The maximum absolute atomic E-state index is 12.9. The molecule has 1 amide bonds. The van der Waals surface area contributed by atoms with Crippen LogP contribution in [-0.4, -0.2) is 46.4 Å². The fourth-order valence-corrected chi connectivity index (χ4v) is 3.86. The van der Waals surface area contributed by atoms with Crippen molar-refractivity contribution in [3.63, 3.8) is 0 Å². The van der Waals surface area contributed by atoms with Crippen molar-refractivity contribution in [2.75, 3.05) is 30.3 Å². The molecule has 0 spiro atoms. The van der Waals surface area contributed by atoms with E-state index in [0.717, 1.165) is 10.6 Å². The Morgan fingerprint density at radius 3 is 2.17 bits per heavy atom. The first-order valence-electron chi connectivity index (χ1n) is 9.10. The van der Waals surface area contributed by atoms with E-state index in [1.54, 1.807) is 24.3 Å². The van der Waals surface area contributed by atoms with Gasteiger partial charge < -0.3 is 14.8 Å². The Balaban J connectivity index is 1.98. The van der Waals surface area contributed by atoms with Gasteiger partial charge in [-0.25, -0.2) is 12.8 Å². The second-order valence-electron chi connectivity index (χ2n) is 6.26. The van der Waals surface area contributed by atoms with Gasteiger partial charge in [0.25, 0.3) is 0 Å². The maximum atomic E-state index is 12.9. The fraction of sp³-hybridized carbons (Fsp3) is 0.350. The largest absolute Gasteiger partial charge is 0.494 e. The molecule has 0 aliphatic rings. The van der Waals surface area contributed by atoms with Crippen LogP contribution in [0.2, 0.25) is 0 Å². The average molecular weight is 424 g/mol. The summed E-state index contributed by atoms with van der Waals surface area (Å²) in [5.41, 5.74) is 0.362. The number of amides is 1. The van der Waals surface area contributed by atoms with E-state index in [1.165, 1.54) is 31.2 Å². The summed E-state index contributed by atoms with van der Waals surface area (Å²) in [5.74, 6) is 0.252. The van der Waals surface area contributed by atoms with Gasteiger partial charge in [-0.05, 0) is 62.4 Å². The lowest BCUT2D eigenvalue weighted by molar-refractivity contribution is -0.121. The molecule has 0 radical (unpaired) electrons. The number of benzene rings is 2. The number of nitrogens with zero attached hydrogens (tertiary/aromatic N) is 1. The van der Waals surface area contributed by atoms with Gasteiger partial charge in [0, 0.05) is 0 Å². The van der Waals surface area contributed by atoms with Gasteiger partial charge >= 0.3 is 0 Å². The number of ether oxygens (including phenoxy) is 2. The highest BCUT2D eigenvalue weighted by molar-refractivity contribution is 7.92. The first kappa shape index (κ1) is 22.5. The van der Waals surface area contributed by atoms with Gasteiger partial charge in [0.15, 0.2) is 0 Å². The van der Waals surface area contributed by atoms with Crippen molar-refractivity contribution in [2.45, 2.75) is 19.9 Å². The Morgan fingerprint density at radius 2 is 1.62 bits per heavy atom. The van der Waals surface area contributed by atoms with Crippen molar-refractivity contribution in [3.05, 3.63) is 54.3 Å². The minimum absolute atomic E-state index is 0.159. The van der Waals surface area contributed by atoms with Crippen LogP contribution in [-0.2, 0) is 14.8 Å². The van der Waals surface area contributed by atoms with Crippen LogP contribution in [0.3, 0.4) is 0 Å². The summed E-state index contributed by atoms with van der Waals surface area (Å²) >= 11 is 0. The van der Waals surface area contributed by atoms with E-state index in [9.17, 15) is 17.6 Å². The predicted molar refractivity (Wildman–Crippen MR) is 109 cm³/mol. The van der Waals surface area contributed by atoms with Crippen molar-refractivity contribution in [1.29, 1.82) is 0 Å². The van der Waals surface area contributed by atoms with E-state index in [1.807, 2.05) is 6.92 Å². The molecule has 0 aliphatic carbocycles. The third kappa shape index (κ3) is 6.63. The van der Waals surface area contributed by atoms with Crippen molar-refractivity contribution in [2.24, 2.45) is 0 Å². The van der Waals surface area contributed by atoms with Crippen LogP contribution in [0.1, 0.15) is 13.8 Å². The van der Waals surface area contributed by atoms with Gasteiger partial charge in [0.05, 0.1) is 25.1 Å². The number of halogens is 1. The number of carbonyl (C=O) groups is 1. The highest BCUT2D eigenvalue weighted by atomic mass is 32.2. The molecule has 29 heavy (non-hydrogen) atoms. The summed E-state index contributed by atoms with van der Waals surface area (Å²) in [5, 5.41) is 2.65. The molecule has 0 saturated heterocycles.